The molecule has 0 spiro atoms. The molecule has 0 amide bonds. The Hall–Kier alpha value is -0.340. The maximum Gasteiger partial charge on any atom is 0.0506 e. The monoisotopic (exact) mass is 223 g/mol. The van der Waals surface area contributed by atoms with Crippen LogP contribution in [0.15, 0.2) is 17.5 Å². The lowest BCUT2D eigenvalue weighted by atomic mass is 9.71. The van der Waals surface area contributed by atoms with E-state index in [1.165, 1.54) is 24.1 Å². The Morgan fingerprint density at radius 3 is 2.93 bits per heavy atom. The summed E-state index contributed by atoms with van der Waals surface area (Å²) in [6.07, 6.45) is 4.99. The van der Waals surface area contributed by atoms with Crippen LogP contribution in [0.1, 0.15) is 44.4 Å². The lowest BCUT2D eigenvalue weighted by Gasteiger charge is -2.39. The first-order valence-corrected chi connectivity index (χ1v) is 6.83. The van der Waals surface area contributed by atoms with Crippen molar-refractivity contribution in [3.8, 4) is 0 Å². The van der Waals surface area contributed by atoms with Gasteiger partial charge in [-0.25, -0.2) is 0 Å². The van der Waals surface area contributed by atoms with E-state index in [0.717, 1.165) is 18.3 Å². The van der Waals surface area contributed by atoms with Crippen molar-refractivity contribution in [2.24, 2.45) is 17.6 Å². The van der Waals surface area contributed by atoms with E-state index in [1.807, 2.05) is 11.3 Å². The van der Waals surface area contributed by atoms with Crippen LogP contribution < -0.4 is 5.73 Å². The molecule has 2 atom stereocenters. The van der Waals surface area contributed by atoms with Crippen LogP contribution in [-0.4, -0.2) is 0 Å². The third-order valence-electron chi connectivity index (χ3n) is 3.78. The van der Waals surface area contributed by atoms with Crippen LogP contribution in [0.2, 0.25) is 0 Å². The summed E-state index contributed by atoms with van der Waals surface area (Å²) in [5.41, 5.74) is 6.54. The van der Waals surface area contributed by atoms with Gasteiger partial charge >= 0.3 is 0 Å². The quantitative estimate of drug-likeness (QED) is 0.812. The molecule has 1 nitrogen and oxygen atoms in total. The summed E-state index contributed by atoms with van der Waals surface area (Å²) in [4.78, 5) is 1.38. The number of nitrogens with two attached hydrogens (primary N) is 1. The Bertz CT molecular complexity index is 304. The van der Waals surface area contributed by atoms with Crippen LogP contribution in [-0.2, 0) is 5.54 Å². The van der Waals surface area contributed by atoms with Gasteiger partial charge in [0.2, 0.25) is 0 Å². The second-order valence-corrected chi connectivity index (χ2v) is 6.18. The van der Waals surface area contributed by atoms with Crippen molar-refractivity contribution in [2.45, 2.75) is 45.1 Å². The number of hydrogen-bond acceptors (Lipinski definition) is 2. The lowest BCUT2D eigenvalue weighted by molar-refractivity contribution is 0.186. The first-order chi connectivity index (χ1) is 7.12. The molecular formula is C13H21NS. The number of hydrogen-bond donors (Lipinski definition) is 1. The summed E-state index contributed by atoms with van der Waals surface area (Å²) < 4.78 is 0. The molecule has 1 fully saturated rings. The summed E-state index contributed by atoms with van der Waals surface area (Å²) in [7, 11) is 0. The third kappa shape index (κ3) is 2.26. The molecule has 15 heavy (non-hydrogen) atoms. The van der Waals surface area contributed by atoms with Gasteiger partial charge in [-0.15, -0.1) is 11.3 Å². The van der Waals surface area contributed by atoms with Crippen LogP contribution in [0.3, 0.4) is 0 Å². The minimum absolute atomic E-state index is 0.0264. The summed E-state index contributed by atoms with van der Waals surface area (Å²) >= 11 is 1.82. The van der Waals surface area contributed by atoms with Crippen molar-refractivity contribution in [2.75, 3.05) is 0 Å². The summed E-state index contributed by atoms with van der Waals surface area (Å²) in [6, 6.07) is 4.32. The van der Waals surface area contributed by atoms with E-state index >= 15 is 0 Å². The standard InChI is InChI=1S/C13H21NS/c1-10(2)11-5-3-7-13(14,9-11)12-6-4-8-15-12/h4,6,8,10-11H,3,5,7,9,14H2,1-2H3. The average Bonchev–Trinajstić information content (AvgIpc) is 2.71. The predicted octanol–water partition coefficient (Wildman–Crippen LogP) is 3.75. The van der Waals surface area contributed by atoms with Crippen molar-refractivity contribution in [3.63, 3.8) is 0 Å². The van der Waals surface area contributed by atoms with E-state index < -0.39 is 0 Å². The van der Waals surface area contributed by atoms with Gasteiger partial charge in [-0.3, -0.25) is 0 Å². The second-order valence-electron chi connectivity index (χ2n) is 5.23. The van der Waals surface area contributed by atoms with Gasteiger partial charge in [0, 0.05) is 4.88 Å². The van der Waals surface area contributed by atoms with Gasteiger partial charge in [0.1, 0.15) is 0 Å². The molecule has 0 radical (unpaired) electrons. The van der Waals surface area contributed by atoms with Gasteiger partial charge in [0.15, 0.2) is 0 Å². The molecule has 2 N–H and O–H groups in total. The first-order valence-electron chi connectivity index (χ1n) is 5.95. The third-order valence-corrected chi connectivity index (χ3v) is 4.87. The molecule has 1 aliphatic carbocycles. The smallest absolute Gasteiger partial charge is 0.0506 e. The Morgan fingerprint density at radius 2 is 2.33 bits per heavy atom. The Labute approximate surface area is 96.7 Å². The molecule has 0 aliphatic heterocycles. The molecule has 1 heterocycles. The highest BCUT2D eigenvalue weighted by Crippen LogP contribution is 2.42. The van der Waals surface area contributed by atoms with E-state index in [-0.39, 0.29) is 5.54 Å². The Morgan fingerprint density at radius 1 is 1.53 bits per heavy atom. The average molecular weight is 223 g/mol. The maximum atomic E-state index is 6.56. The molecule has 84 valence electrons. The normalized spacial score (nSPS) is 32.1. The topological polar surface area (TPSA) is 26.0 Å². The fourth-order valence-electron chi connectivity index (χ4n) is 2.71. The fourth-order valence-corrected chi connectivity index (χ4v) is 3.59. The zero-order valence-corrected chi connectivity index (χ0v) is 10.5. The van der Waals surface area contributed by atoms with Crippen molar-refractivity contribution < 1.29 is 0 Å². The zero-order chi connectivity index (χ0) is 10.9. The van der Waals surface area contributed by atoms with Crippen LogP contribution in [0.25, 0.3) is 0 Å². The molecule has 1 aliphatic rings. The van der Waals surface area contributed by atoms with Crippen molar-refractivity contribution in [3.05, 3.63) is 22.4 Å². The van der Waals surface area contributed by atoms with Crippen LogP contribution in [0.4, 0.5) is 0 Å². The molecular weight excluding hydrogens is 202 g/mol. The minimum Gasteiger partial charge on any atom is -0.321 e. The van der Waals surface area contributed by atoms with Gasteiger partial charge in [0.05, 0.1) is 5.54 Å². The maximum absolute atomic E-state index is 6.56. The van der Waals surface area contributed by atoms with Crippen molar-refractivity contribution in [1.29, 1.82) is 0 Å². The molecule has 2 heteroatoms. The largest absolute Gasteiger partial charge is 0.321 e. The summed E-state index contributed by atoms with van der Waals surface area (Å²) in [5, 5.41) is 2.14. The Balaban J connectivity index is 2.15. The number of rotatable bonds is 2. The number of thiophene rings is 1. The van der Waals surface area contributed by atoms with E-state index in [1.54, 1.807) is 0 Å². The fraction of sp³-hybridized carbons (Fsp3) is 0.692. The van der Waals surface area contributed by atoms with E-state index in [9.17, 15) is 0 Å². The van der Waals surface area contributed by atoms with Crippen LogP contribution >= 0.6 is 11.3 Å². The molecule has 1 aromatic rings. The van der Waals surface area contributed by atoms with Gasteiger partial charge in [-0.2, -0.15) is 0 Å². The highest BCUT2D eigenvalue weighted by molar-refractivity contribution is 7.10. The summed E-state index contributed by atoms with van der Waals surface area (Å²) in [5.74, 6) is 1.58. The first kappa shape index (κ1) is 11.2. The van der Waals surface area contributed by atoms with E-state index in [2.05, 4.69) is 31.4 Å². The van der Waals surface area contributed by atoms with E-state index in [4.69, 9.17) is 5.73 Å². The van der Waals surface area contributed by atoms with Gasteiger partial charge in [-0.1, -0.05) is 32.8 Å². The highest BCUT2D eigenvalue weighted by atomic mass is 32.1. The highest BCUT2D eigenvalue weighted by Gasteiger charge is 2.35. The zero-order valence-electron chi connectivity index (χ0n) is 9.70. The summed E-state index contributed by atoms with van der Waals surface area (Å²) in [6.45, 7) is 4.65. The van der Waals surface area contributed by atoms with Gasteiger partial charge < -0.3 is 5.73 Å². The molecule has 0 aromatic carbocycles. The molecule has 1 saturated carbocycles. The molecule has 2 unspecified atom stereocenters. The molecule has 2 rings (SSSR count). The van der Waals surface area contributed by atoms with Crippen molar-refractivity contribution >= 4 is 11.3 Å². The SMILES string of the molecule is CC(C)C1CCCC(N)(c2cccs2)C1. The lowest BCUT2D eigenvalue weighted by Crippen LogP contribution is -2.41. The van der Waals surface area contributed by atoms with Crippen LogP contribution in [0.5, 0.6) is 0 Å². The van der Waals surface area contributed by atoms with E-state index in [0.29, 0.717) is 0 Å². The second kappa shape index (κ2) is 4.26. The Kier molecular flexibility index (Phi) is 3.17. The van der Waals surface area contributed by atoms with Crippen LogP contribution in [0, 0.1) is 11.8 Å². The predicted molar refractivity (Wildman–Crippen MR) is 67.0 cm³/mol. The molecule has 0 saturated heterocycles. The van der Waals surface area contributed by atoms with Gasteiger partial charge in [-0.05, 0) is 36.1 Å². The van der Waals surface area contributed by atoms with Gasteiger partial charge in [0.25, 0.3) is 0 Å². The minimum atomic E-state index is -0.0264. The molecule has 0 bridgehead atoms. The van der Waals surface area contributed by atoms with Crippen molar-refractivity contribution in [1.82, 2.24) is 0 Å². The molecule has 1 aromatic heterocycles.